The van der Waals surface area contributed by atoms with Gasteiger partial charge in [-0.3, -0.25) is 4.79 Å². The van der Waals surface area contributed by atoms with E-state index in [1.807, 2.05) is 41.1 Å². The number of nitrogens with zero attached hydrogens (tertiary/aromatic N) is 3. The number of aromatic nitrogens is 1. The number of aryl methyl sites for hydroxylation is 1. The van der Waals surface area contributed by atoms with Crippen LogP contribution in [0.15, 0.2) is 60.3 Å². The third kappa shape index (κ3) is 4.00. The number of benzene rings is 2. The smallest absolute Gasteiger partial charge is 0.266 e. The van der Waals surface area contributed by atoms with E-state index in [1.165, 1.54) is 0 Å². The molecule has 2 aromatic carbocycles. The fraction of sp³-hybridized carbons (Fsp3) is 0.0952. The van der Waals surface area contributed by atoms with Crippen LogP contribution in [0.5, 0.6) is 0 Å². The Morgan fingerprint density at radius 1 is 1.15 bits per heavy atom. The number of anilines is 1. The van der Waals surface area contributed by atoms with Crippen LogP contribution in [-0.2, 0) is 11.3 Å². The molecule has 1 N–H and O–H groups in total. The zero-order valence-corrected chi connectivity index (χ0v) is 15.1. The van der Waals surface area contributed by atoms with E-state index in [0.717, 1.165) is 16.5 Å². The summed E-state index contributed by atoms with van der Waals surface area (Å²) in [5, 5.41) is 22.3. The molecule has 0 spiro atoms. The zero-order chi connectivity index (χ0) is 19.2. The van der Waals surface area contributed by atoms with Gasteiger partial charge in [0.15, 0.2) is 0 Å². The number of carbonyl (C=O) groups is 1. The summed E-state index contributed by atoms with van der Waals surface area (Å²) in [6, 6.07) is 18.6. The molecule has 0 unspecified atom stereocenters. The van der Waals surface area contributed by atoms with Gasteiger partial charge >= 0.3 is 0 Å². The van der Waals surface area contributed by atoms with Gasteiger partial charge in [0, 0.05) is 29.2 Å². The molecule has 0 bridgehead atoms. The highest BCUT2D eigenvalue weighted by molar-refractivity contribution is 6.34. The number of amides is 1. The highest BCUT2D eigenvalue weighted by atomic mass is 35.5. The average molecular weight is 375 g/mol. The maximum atomic E-state index is 12.5. The molecule has 3 rings (SSSR count). The number of nitrogens with one attached hydrogen (secondary N) is 1. The molecule has 6 heteroatoms. The van der Waals surface area contributed by atoms with Gasteiger partial charge in [-0.15, -0.1) is 0 Å². The fourth-order valence-electron chi connectivity index (χ4n) is 2.80. The molecule has 0 fully saturated rings. The lowest BCUT2D eigenvalue weighted by molar-refractivity contribution is -0.112. The minimum Gasteiger partial charge on any atom is -0.346 e. The Balaban J connectivity index is 1.96. The largest absolute Gasteiger partial charge is 0.346 e. The Bertz CT molecular complexity index is 1120. The van der Waals surface area contributed by atoms with Crippen molar-refractivity contribution in [1.82, 2.24) is 4.57 Å². The van der Waals surface area contributed by atoms with Crippen molar-refractivity contribution in [3.63, 3.8) is 0 Å². The van der Waals surface area contributed by atoms with Gasteiger partial charge in [0.2, 0.25) is 0 Å². The number of rotatable bonds is 5. The molecule has 27 heavy (non-hydrogen) atoms. The summed E-state index contributed by atoms with van der Waals surface area (Å²) in [4.78, 5) is 12.5. The topological polar surface area (TPSA) is 81.6 Å². The standard InChI is InChI=1S/C21H15ClN4O/c22-18-7-2-3-8-19(18)25-21(27)15(13-24)12-16-14-26(11-5-10-23)20-9-4-1-6-17(16)20/h1-4,6-9,12,14H,5,11H2,(H,25,27)/b15-12+. The summed E-state index contributed by atoms with van der Waals surface area (Å²) < 4.78 is 1.95. The zero-order valence-electron chi connectivity index (χ0n) is 14.3. The first-order chi connectivity index (χ1) is 13.1. The van der Waals surface area contributed by atoms with E-state index in [9.17, 15) is 10.1 Å². The van der Waals surface area contributed by atoms with Gasteiger partial charge in [0.1, 0.15) is 11.6 Å². The molecule has 0 saturated heterocycles. The van der Waals surface area contributed by atoms with Crippen molar-refractivity contribution in [2.24, 2.45) is 0 Å². The summed E-state index contributed by atoms with van der Waals surface area (Å²) in [5.41, 5.74) is 2.11. The summed E-state index contributed by atoms with van der Waals surface area (Å²) in [6.45, 7) is 0.540. The Morgan fingerprint density at radius 2 is 1.89 bits per heavy atom. The molecule has 0 aliphatic rings. The van der Waals surface area contributed by atoms with Gasteiger partial charge in [-0.05, 0) is 24.3 Å². The number of halogens is 1. The lowest BCUT2D eigenvalue weighted by Crippen LogP contribution is -2.13. The summed E-state index contributed by atoms with van der Waals surface area (Å²) in [5.74, 6) is -0.528. The number of carbonyl (C=O) groups excluding carboxylic acids is 1. The molecule has 0 radical (unpaired) electrons. The van der Waals surface area contributed by atoms with Crippen LogP contribution in [0.1, 0.15) is 12.0 Å². The quantitative estimate of drug-likeness (QED) is 0.516. The molecule has 0 aliphatic heterocycles. The number of hydrogen-bond acceptors (Lipinski definition) is 3. The van der Waals surface area contributed by atoms with E-state index in [2.05, 4.69) is 11.4 Å². The average Bonchev–Trinajstić information content (AvgIpc) is 3.04. The minimum absolute atomic E-state index is 0.0295. The van der Waals surface area contributed by atoms with Crippen LogP contribution in [0.3, 0.4) is 0 Å². The van der Waals surface area contributed by atoms with E-state index in [-0.39, 0.29) is 5.57 Å². The third-order valence-electron chi connectivity index (χ3n) is 4.07. The van der Waals surface area contributed by atoms with Crippen LogP contribution in [0.25, 0.3) is 17.0 Å². The maximum absolute atomic E-state index is 12.5. The molecular weight excluding hydrogens is 360 g/mol. The first-order valence-electron chi connectivity index (χ1n) is 8.26. The van der Waals surface area contributed by atoms with Crippen molar-refractivity contribution >= 4 is 40.2 Å². The second kappa shape index (κ2) is 8.23. The molecule has 1 heterocycles. The van der Waals surface area contributed by atoms with Crippen LogP contribution in [-0.4, -0.2) is 10.5 Å². The summed E-state index contributed by atoms with van der Waals surface area (Å²) in [7, 11) is 0. The van der Waals surface area contributed by atoms with Crippen LogP contribution in [0, 0.1) is 22.7 Å². The van der Waals surface area contributed by atoms with Crippen molar-refractivity contribution in [3.05, 3.63) is 70.9 Å². The highest BCUT2D eigenvalue weighted by Gasteiger charge is 2.13. The second-order valence-corrected chi connectivity index (χ2v) is 6.21. The van der Waals surface area contributed by atoms with Crippen LogP contribution in [0.4, 0.5) is 5.69 Å². The van der Waals surface area contributed by atoms with E-state index in [4.69, 9.17) is 16.9 Å². The highest BCUT2D eigenvalue weighted by Crippen LogP contribution is 2.25. The Labute approximate surface area is 161 Å². The molecule has 0 saturated carbocycles. The molecule has 1 aromatic heterocycles. The van der Waals surface area contributed by atoms with Crippen molar-refractivity contribution in [3.8, 4) is 12.1 Å². The lowest BCUT2D eigenvalue weighted by atomic mass is 10.1. The number of fused-ring (bicyclic) bond motifs is 1. The van der Waals surface area contributed by atoms with E-state index in [1.54, 1.807) is 30.3 Å². The number of nitriles is 2. The van der Waals surface area contributed by atoms with Crippen LogP contribution in [0.2, 0.25) is 5.02 Å². The second-order valence-electron chi connectivity index (χ2n) is 5.81. The Hall–Kier alpha value is -3.54. The molecular formula is C21H15ClN4O. The minimum atomic E-state index is -0.528. The van der Waals surface area contributed by atoms with Crippen molar-refractivity contribution in [2.45, 2.75) is 13.0 Å². The lowest BCUT2D eigenvalue weighted by Gasteiger charge is -2.05. The molecule has 1 amide bonds. The van der Waals surface area contributed by atoms with Gasteiger partial charge < -0.3 is 9.88 Å². The maximum Gasteiger partial charge on any atom is 0.266 e. The van der Waals surface area contributed by atoms with E-state index >= 15 is 0 Å². The number of para-hydroxylation sites is 2. The van der Waals surface area contributed by atoms with Crippen molar-refractivity contribution < 1.29 is 4.79 Å². The Morgan fingerprint density at radius 3 is 2.63 bits per heavy atom. The third-order valence-corrected chi connectivity index (χ3v) is 4.40. The first kappa shape index (κ1) is 18.3. The molecule has 132 valence electrons. The predicted octanol–water partition coefficient (Wildman–Crippen LogP) is 4.75. The molecule has 0 atom stereocenters. The molecule has 3 aromatic rings. The van der Waals surface area contributed by atoms with E-state index < -0.39 is 5.91 Å². The first-order valence-corrected chi connectivity index (χ1v) is 8.64. The predicted molar refractivity (Wildman–Crippen MR) is 106 cm³/mol. The van der Waals surface area contributed by atoms with Crippen molar-refractivity contribution in [2.75, 3.05) is 5.32 Å². The Kier molecular flexibility index (Phi) is 5.56. The monoisotopic (exact) mass is 374 g/mol. The van der Waals surface area contributed by atoms with E-state index in [0.29, 0.717) is 23.7 Å². The van der Waals surface area contributed by atoms with Crippen molar-refractivity contribution in [1.29, 1.82) is 10.5 Å². The fourth-order valence-corrected chi connectivity index (χ4v) is 2.98. The molecule has 0 aliphatic carbocycles. The number of hydrogen-bond donors (Lipinski definition) is 1. The van der Waals surface area contributed by atoms with Gasteiger partial charge in [0.25, 0.3) is 5.91 Å². The van der Waals surface area contributed by atoms with Gasteiger partial charge in [-0.25, -0.2) is 0 Å². The van der Waals surface area contributed by atoms with Gasteiger partial charge in [-0.2, -0.15) is 10.5 Å². The summed E-state index contributed by atoms with van der Waals surface area (Å²) in [6.07, 6.45) is 3.78. The van der Waals surface area contributed by atoms with Crippen LogP contribution < -0.4 is 5.32 Å². The molecule has 5 nitrogen and oxygen atoms in total. The normalized spacial score (nSPS) is 11.0. The summed E-state index contributed by atoms with van der Waals surface area (Å²) >= 11 is 6.06. The van der Waals surface area contributed by atoms with Crippen LogP contribution >= 0.6 is 11.6 Å². The van der Waals surface area contributed by atoms with Gasteiger partial charge in [-0.1, -0.05) is 41.9 Å². The SMILES string of the molecule is N#CCCn1cc(/C=C(\C#N)C(=O)Nc2ccccc2Cl)c2ccccc21. The van der Waals surface area contributed by atoms with Gasteiger partial charge in [0.05, 0.1) is 23.2 Å².